The normalized spacial score (nSPS) is 17.4. The zero-order chi connectivity index (χ0) is 13.0. The van der Waals surface area contributed by atoms with Gasteiger partial charge >= 0.3 is 0 Å². The van der Waals surface area contributed by atoms with Crippen molar-refractivity contribution in [2.45, 2.75) is 38.6 Å². The van der Waals surface area contributed by atoms with Crippen LogP contribution in [-0.4, -0.2) is 6.54 Å². The van der Waals surface area contributed by atoms with Gasteiger partial charge in [-0.1, -0.05) is 40.6 Å². The first-order chi connectivity index (χ1) is 8.72. The molecular weight excluding hydrogens is 293 g/mol. The van der Waals surface area contributed by atoms with Crippen LogP contribution in [0.2, 0.25) is 0 Å². The number of likely N-dealkylation sites (N-methyl/N-ethyl adjacent to an activating group) is 1. The zero-order valence-electron chi connectivity index (χ0n) is 10.7. The van der Waals surface area contributed by atoms with Crippen molar-refractivity contribution in [1.29, 1.82) is 0 Å². The molecule has 0 saturated carbocycles. The van der Waals surface area contributed by atoms with Gasteiger partial charge in [-0.15, -0.1) is 0 Å². The average molecular weight is 312 g/mol. The highest BCUT2D eigenvalue weighted by Crippen LogP contribution is 2.32. The largest absolute Gasteiger partial charge is 0.307 e. The predicted octanol–water partition coefficient (Wildman–Crippen LogP) is 4.74. The zero-order valence-corrected chi connectivity index (χ0v) is 12.3. The van der Waals surface area contributed by atoms with Gasteiger partial charge in [0, 0.05) is 10.0 Å². The summed E-state index contributed by atoms with van der Waals surface area (Å²) in [5, 5.41) is 3.41. The molecule has 1 aromatic rings. The molecule has 0 saturated heterocycles. The summed E-state index contributed by atoms with van der Waals surface area (Å²) in [6, 6.07) is 5.36. The number of allylic oxidation sites excluding steroid dienone is 1. The van der Waals surface area contributed by atoms with Crippen LogP contribution in [0.1, 0.15) is 44.2 Å². The van der Waals surface area contributed by atoms with Gasteiger partial charge < -0.3 is 5.32 Å². The van der Waals surface area contributed by atoms with Gasteiger partial charge in [-0.2, -0.15) is 0 Å². The summed E-state index contributed by atoms with van der Waals surface area (Å²) in [5.41, 5.74) is 2.09. The molecule has 0 radical (unpaired) electrons. The van der Waals surface area contributed by atoms with Gasteiger partial charge in [0.15, 0.2) is 0 Å². The first-order valence-electron chi connectivity index (χ1n) is 6.59. The number of nitrogens with one attached hydrogen (secondary N) is 1. The third-order valence-corrected chi connectivity index (χ3v) is 3.87. The van der Waals surface area contributed by atoms with E-state index in [1.54, 1.807) is 6.07 Å². The van der Waals surface area contributed by atoms with Crippen LogP contribution in [0.15, 0.2) is 34.3 Å². The Labute approximate surface area is 117 Å². The molecule has 0 bridgehead atoms. The molecule has 1 aromatic carbocycles. The Morgan fingerprint density at radius 3 is 2.83 bits per heavy atom. The van der Waals surface area contributed by atoms with Crippen LogP contribution in [0.3, 0.4) is 0 Å². The molecule has 0 spiro atoms. The summed E-state index contributed by atoms with van der Waals surface area (Å²) in [5.74, 6) is -0.137. The Morgan fingerprint density at radius 2 is 2.22 bits per heavy atom. The first-order valence-corrected chi connectivity index (χ1v) is 7.39. The SMILES string of the molecule is CCNC(C1=CCCCC1)c1ccc(Br)cc1F. The van der Waals surface area contributed by atoms with Crippen molar-refractivity contribution in [1.82, 2.24) is 5.32 Å². The van der Waals surface area contributed by atoms with Gasteiger partial charge in [-0.25, -0.2) is 4.39 Å². The molecule has 1 nitrogen and oxygen atoms in total. The summed E-state index contributed by atoms with van der Waals surface area (Å²) in [4.78, 5) is 0. The molecular formula is C15H19BrFN. The molecule has 0 amide bonds. The van der Waals surface area contributed by atoms with Gasteiger partial charge in [-0.3, -0.25) is 0 Å². The van der Waals surface area contributed by atoms with E-state index in [0.717, 1.165) is 29.4 Å². The Morgan fingerprint density at radius 1 is 1.39 bits per heavy atom. The van der Waals surface area contributed by atoms with Gasteiger partial charge in [0.25, 0.3) is 0 Å². The number of rotatable bonds is 4. The van der Waals surface area contributed by atoms with Crippen LogP contribution < -0.4 is 5.32 Å². The molecule has 1 N–H and O–H groups in total. The van der Waals surface area contributed by atoms with E-state index in [4.69, 9.17) is 0 Å². The maximum Gasteiger partial charge on any atom is 0.129 e. The van der Waals surface area contributed by atoms with Crippen molar-refractivity contribution in [3.63, 3.8) is 0 Å². The minimum atomic E-state index is -0.137. The Kier molecular flexibility index (Phi) is 4.95. The topological polar surface area (TPSA) is 12.0 Å². The summed E-state index contributed by atoms with van der Waals surface area (Å²) in [6.45, 7) is 2.91. The average Bonchev–Trinajstić information content (AvgIpc) is 2.38. The van der Waals surface area contributed by atoms with Crippen LogP contribution in [-0.2, 0) is 0 Å². The highest BCUT2D eigenvalue weighted by Gasteiger charge is 2.20. The molecule has 1 atom stereocenters. The van der Waals surface area contributed by atoms with Crippen LogP contribution in [0.4, 0.5) is 4.39 Å². The smallest absolute Gasteiger partial charge is 0.129 e. The number of halogens is 2. The van der Waals surface area contributed by atoms with Crippen molar-refractivity contribution in [2.75, 3.05) is 6.54 Å². The second kappa shape index (κ2) is 6.48. The predicted molar refractivity (Wildman–Crippen MR) is 77.1 cm³/mol. The Hall–Kier alpha value is -0.670. The molecule has 0 heterocycles. The van der Waals surface area contributed by atoms with Crippen molar-refractivity contribution in [3.8, 4) is 0 Å². The maximum atomic E-state index is 14.1. The summed E-state index contributed by atoms with van der Waals surface area (Å²) in [6.07, 6.45) is 6.94. The molecule has 98 valence electrons. The fourth-order valence-electron chi connectivity index (χ4n) is 2.51. The molecule has 0 aliphatic heterocycles. The second-order valence-corrected chi connectivity index (χ2v) is 5.60. The van der Waals surface area contributed by atoms with Crippen LogP contribution >= 0.6 is 15.9 Å². The minimum absolute atomic E-state index is 0.0309. The van der Waals surface area contributed by atoms with E-state index in [1.165, 1.54) is 18.4 Å². The monoisotopic (exact) mass is 311 g/mol. The van der Waals surface area contributed by atoms with E-state index in [1.807, 2.05) is 12.1 Å². The van der Waals surface area contributed by atoms with Crippen molar-refractivity contribution in [2.24, 2.45) is 0 Å². The van der Waals surface area contributed by atoms with Crippen molar-refractivity contribution in [3.05, 3.63) is 45.7 Å². The molecule has 3 heteroatoms. The van der Waals surface area contributed by atoms with Crippen LogP contribution in [0.5, 0.6) is 0 Å². The number of hydrogen-bond acceptors (Lipinski definition) is 1. The summed E-state index contributed by atoms with van der Waals surface area (Å²) < 4.78 is 14.9. The standard InChI is InChI=1S/C15H19BrFN/c1-2-18-15(11-6-4-3-5-7-11)13-9-8-12(16)10-14(13)17/h6,8-10,15,18H,2-5,7H2,1H3. The Balaban J connectivity index is 2.31. The van der Waals surface area contributed by atoms with E-state index in [2.05, 4.69) is 34.2 Å². The molecule has 1 aliphatic carbocycles. The quantitative estimate of drug-likeness (QED) is 0.792. The summed E-state index contributed by atoms with van der Waals surface area (Å²) in [7, 11) is 0. The minimum Gasteiger partial charge on any atom is -0.307 e. The van der Waals surface area contributed by atoms with E-state index in [-0.39, 0.29) is 11.9 Å². The third-order valence-electron chi connectivity index (χ3n) is 3.38. The van der Waals surface area contributed by atoms with Crippen molar-refractivity contribution >= 4 is 15.9 Å². The fraction of sp³-hybridized carbons (Fsp3) is 0.467. The van der Waals surface area contributed by atoms with E-state index >= 15 is 0 Å². The van der Waals surface area contributed by atoms with E-state index < -0.39 is 0 Å². The van der Waals surface area contributed by atoms with Crippen LogP contribution in [0, 0.1) is 5.82 Å². The third kappa shape index (κ3) is 3.21. The molecule has 18 heavy (non-hydrogen) atoms. The van der Waals surface area contributed by atoms with E-state index in [0.29, 0.717) is 0 Å². The lowest BCUT2D eigenvalue weighted by Gasteiger charge is -2.25. The van der Waals surface area contributed by atoms with Gasteiger partial charge in [0.1, 0.15) is 5.82 Å². The molecule has 0 aromatic heterocycles. The Bertz CT molecular complexity index is 442. The lowest BCUT2D eigenvalue weighted by Crippen LogP contribution is -2.24. The maximum absolute atomic E-state index is 14.1. The first kappa shape index (κ1) is 13.8. The highest BCUT2D eigenvalue weighted by atomic mass is 79.9. The summed E-state index contributed by atoms with van der Waals surface area (Å²) >= 11 is 3.31. The molecule has 1 unspecified atom stereocenters. The van der Waals surface area contributed by atoms with Crippen LogP contribution in [0.25, 0.3) is 0 Å². The van der Waals surface area contributed by atoms with Gasteiger partial charge in [-0.05, 0) is 44.4 Å². The van der Waals surface area contributed by atoms with Crippen molar-refractivity contribution < 1.29 is 4.39 Å². The molecule has 2 rings (SSSR count). The number of hydrogen-bond donors (Lipinski definition) is 1. The lowest BCUT2D eigenvalue weighted by atomic mass is 9.89. The number of benzene rings is 1. The van der Waals surface area contributed by atoms with Gasteiger partial charge in [0.2, 0.25) is 0 Å². The highest BCUT2D eigenvalue weighted by molar-refractivity contribution is 9.10. The van der Waals surface area contributed by atoms with E-state index in [9.17, 15) is 4.39 Å². The van der Waals surface area contributed by atoms with Gasteiger partial charge in [0.05, 0.1) is 6.04 Å². The lowest BCUT2D eigenvalue weighted by molar-refractivity contribution is 0.527. The molecule has 1 aliphatic rings. The fourth-order valence-corrected chi connectivity index (χ4v) is 2.84. The molecule has 0 fully saturated rings. The second-order valence-electron chi connectivity index (χ2n) is 4.68.